The van der Waals surface area contributed by atoms with Crippen LogP contribution in [0.15, 0.2) is 65.7 Å². The molecular weight excluding hydrogens is 407 g/mol. The second-order valence-electron chi connectivity index (χ2n) is 6.70. The molecule has 0 radical (unpaired) electrons. The molecule has 0 unspecified atom stereocenters. The number of hydrogen-bond donors (Lipinski definition) is 1. The van der Waals surface area contributed by atoms with E-state index in [4.69, 9.17) is 4.74 Å². The summed E-state index contributed by atoms with van der Waals surface area (Å²) in [6.07, 6.45) is 1.81. The van der Waals surface area contributed by atoms with Gasteiger partial charge in [0, 0.05) is 30.8 Å². The lowest BCUT2D eigenvalue weighted by atomic mass is 10.1. The fraction of sp³-hybridized carbons (Fsp3) is 0.227. The Labute approximate surface area is 175 Å². The van der Waals surface area contributed by atoms with Gasteiger partial charge in [-0.25, -0.2) is 16.8 Å². The summed E-state index contributed by atoms with van der Waals surface area (Å²) in [5, 5.41) is 2.97. The van der Waals surface area contributed by atoms with E-state index in [1.54, 1.807) is 44.3 Å². The Morgan fingerprint density at radius 3 is 2.60 bits per heavy atom. The maximum atomic E-state index is 14.4. The third-order valence-corrected chi connectivity index (χ3v) is 6.20. The van der Waals surface area contributed by atoms with Crippen molar-refractivity contribution in [2.45, 2.75) is 24.8 Å². The van der Waals surface area contributed by atoms with Gasteiger partial charge >= 0.3 is 0 Å². The Bertz CT molecular complexity index is 1160. The van der Waals surface area contributed by atoms with Gasteiger partial charge in [-0.1, -0.05) is 25.1 Å². The van der Waals surface area contributed by atoms with Crippen molar-refractivity contribution < 1.29 is 22.3 Å². The fourth-order valence-electron chi connectivity index (χ4n) is 2.97. The van der Waals surface area contributed by atoms with Crippen LogP contribution in [0.5, 0.6) is 5.75 Å². The SMILES string of the molecule is CCC(=O)COc1cccc(S(=O)(=O)n2cc(CNC)cc2-c2ccccc2F)c1. The van der Waals surface area contributed by atoms with Gasteiger partial charge in [0.25, 0.3) is 10.0 Å². The number of hydrogen-bond acceptors (Lipinski definition) is 5. The highest BCUT2D eigenvalue weighted by Crippen LogP contribution is 2.30. The zero-order valence-corrected chi connectivity index (χ0v) is 17.6. The molecular formula is C22H23FN2O4S. The molecule has 0 amide bonds. The van der Waals surface area contributed by atoms with E-state index >= 15 is 0 Å². The molecule has 0 saturated carbocycles. The topological polar surface area (TPSA) is 77.4 Å². The number of ether oxygens (including phenoxy) is 1. The van der Waals surface area contributed by atoms with Gasteiger partial charge in [0.05, 0.1) is 10.6 Å². The first-order chi connectivity index (χ1) is 14.4. The minimum Gasteiger partial charge on any atom is -0.486 e. The first-order valence-electron chi connectivity index (χ1n) is 9.47. The molecule has 6 nitrogen and oxygen atoms in total. The van der Waals surface area contributed by atoms with Crippen molar-refractivity contribution in [2.24, 2.45) is 0 Å². The van der Waals surface area contributed by atoms with E-state index < -0.39 is 15.8 Å². The standard InChI is InChI=1S/C22H23FN2O4S/c1-3-17(26)15-29-18-7-6-8-19(12-18)30(27,28)25-14-16(13-24-2)11-22(25)20-9-4-5-10-21(20)23/h4-12,14,24H,3,13,15H2,1-2H3. The van der Waals surface area contributed by atoms with E-state index in [1.165, 1.54) is 30.5 Å². The predicted molar refractivity (Wildman–Crippen MR) is 112 cm³/mol. The summed E-state index contributed by atoms with van der Waals surface area (Å²) in [6.45, 7) is 2.02. The number of halogens is 1. The van der Waals surface area contributed by atoms with Crippen molar-refractivity contribution in [3.05, 3.63) is 72.2 Å². The summed E-state index contributed by atoms with van der Waals surface area (Å²) in [5.41, 5.74) is 1.11. The Morgan fingerprint density at radius 2 is 1.90 bits per heavy atom. The number of nitrogens with one attached hydrogen (secondary N) is 1. The monoisotopic (exact) mass is 430 g/mol. The maximum absolute atomic E-state index is 14.4. The van der Waals surface area contributed by atoms with Crippen molar-refractivity contribution in [1.29, 1.82) is 0 Å². The number of Topliss-reactive ketones (excluding diaryl/α,β-unsaturated/α-hetero) is 1. The van der Waals surface area contributed by atoms with Gasteiger partial charge in [0.1, 0.15) is 18.2 Å². The van der Waals surface area contributed by atoms with Crippen LogP contribution in [0.2, 0.25) is 0 Å². The Morgan fingerprint density at radius 1 is 1.13 bits per heavy atom. The second kappa shape index (κ2) is 9.23. The van der Waals surface area contributed by atoms with Crippen molar-refractivity contribution in [3.63, 3.8) is 0 Å². The summed E-state index contributed by atoms with van der Waals surface area (Å²) in [5.74, 6) is -0.335. The third-order valence-electron chi connectivity index (χ3n) is 4.53. The third kappa shape index (κ3) is 4.60. The molecule has 0 saturated heterocycles. The highest BCUT2D eigenvalue weighted by atomic mass is 32.2. The zero-order chi connectivity index (χ0) is 21.7. The van der Waals surface area contributed by atoms with Crippen LogP contribution in [0, 0.1) is 5.82 Å². The first kappa shape index (κ1) is 21.7. The summed E-state index contributed by atoms with van der Waals surface area (Å²) in [7, 11) is -2.30. The van der Waals surface area contributed by atoms with Crippen LogP contribution in [0.1, 0.15) is 18.9 Å². The molecule has 8 heteroatoms. The molecule has 0 spiro atoms. The lowest BCUT2D eigenvalue weighted by Gasteiger charge is -2.12. The molecule has 3 aromatic rings. The average molecular weight is 431 g/mol. The van der Waals surface area contributed by atoms with Crippen molar-refractivity contribution in [3.8, 4) is 17.0 Å². The first-order valence-corrected chi connectivity index (χ1v) is 10.9. The molecule has 1 heterocycles. The van der Waals surface area contributed by atoms with Crippen LogP contribution in [0.25, 0.3) is 11.3 Å². The number of ketones is 1. The predicted octanol–water partition coefficient (Wildman–Crippen LogP) is 3.61. The molecule has 0 bridgehead atoms. The van der Waals surface area contributed by atoms with Crippen molar-refractivity contribution in [2.75, 3.05) is 13.7 Å². The lowest BCUT2D eigenvalue weighted by molar-refractivity contribution is -0.120. The molecule has 0 fully saturated rings. The van der Waals surface area contributed by atoms with Crippen molar-refractivity contribution >= 4 is 15.8 Å². The maximum Gasteiger partial charge on any atom is 0.268 e. The zero-order valence-electron chi connectivity index (χ0n) is 16.8. The molecule has 1 aromatic heterocycles. The molecule has 0 aliphatic carbocycles. The summed E-state index contributed by atoms with van der Waals surface area (Å²) >= 11 is 0. The van der Waals surface area contributed by atoms with Crippen LogP contribution >= 0.6 is 0 Å². The number of carbonyl (C=O) groups is 1. The Kier molecular flexibility index (Phi) is 6.69. The van der Waals surface area contributed by atoms with Crippen LogP contribution in [0.3, 0.4) is 0 Å². The molecule has 2 aromatic carbocycles. The van der Waals surface area contributed by atoms with Crippen LogP contribution in [-0.2, 0) is 21.4 Å². The number of aromatic nitrogens is 1. The van der Waals surface area contributed by atoms with Crippen molar-refractivity contribution in [1.82, 2.24) is 9.29 Å². The molecule has 0 aliphatic rings. The van der Waals surface area contributed by atoms with Crippen LogP contribution < -0.4 is 10.1 Å². The summed E-state index contributed by atoms with van der Waals surface area (Å²) < 4.78 is 47.7. The lowest BCUT2D eigenvalue weighted by Crippen LogP contribution is -2.14. The van der Waals surface area contributed by atoms with Gasteiger partial charge in [-0.3, -0.25) is 4.79 Å². The molecule has 1 N–H and O–H groups in total. The highest BCUT2D eigenvalue weighted by molar-refractivity contribution is 7.90. The van der Waals surface area contributed by atoms with Gasteiger partial charge in [-0.2, -0.15) is 0 Å². The number of benzene rings is 2. The molecule has 30 heavy (non-hydrogen) atoms. The second-order valence-corrected chi connectivity index (χ2v) is 8.52. The Hall–Kier alpha value is -2.97. The van der Waals surface area contributed by atoms with E-state index in [-0.39, 0.29) is 34.3 Å². The van der Waals surface area contributed by atoms with E-state index in [9.17, 15) is 17.6 Å². The number of rotatable bonds is 9. The van der Waals surface area contributed by atoms with Crippen LogP contribution in [0.4, 0.5) is 4.39 Å². The molecule has 3 rings (SSSR count). The average Bonchev–Trinajstić information content (AvgIpc) is 3.17. The summed E-state index contributed by atoms with van der Waals surface area (Å²) in [4.78, 5) is 11.5. The van der Waals surface area contributed by atoms with Gasteiger partial charge < -0.3 is 10.1 Å². The smallest absolute Gasteiger partial charge is 0.268 e. The molecule has 158 valence electrons. The van der Waals surface area contributed by atoms with Crippen LogP contribution in [-0.4, -0.2) is 31.8 Å². The van der Waals surface area contributed by atoms with Gasteiger partial charge in [-0.05, 0) is 42.9 Å². The number of carbonyl (C=O) groups excluding carboxylic acids is 1. The van der Waals surface area contributed by atoms with E-state index in [2.05, 4.69) is 5.32 Å². The highest BCUT2D eigenvalue weighted by Gasteiger charge is 2.23. The minimum atomic E-state index is -4.04. The molecule has 0 aliphatic heterocycles. The largest absolute Gasteiger partial charge is 0.486 e. The van der Waals surface area contributed by atoms with Gasteiger partial charge in [0.15, 0.2) is 5.78 Å². The fourth-order valence-corrected chi connectivity index (χ4v) is 4.39. The summed E-state index contributed by atoms with van der Waals surface area (Å²) in [6, 6.07) is 13.6. The van der Waals surface area contributed by atoms with Gasteiger partial charge in [-0.15, -0.1) is 0 Å². The minimum absolute atomic E-state index is 0.0202. The van der Waals surface area contributed by atoms with E-state index in [1.807, 2.05) is 0 Å². The van der Waals surface area contributed by atoms with E-state index in [0.29, 0.717) is 18.5 Å². The normalized spacial score (nSPS) is 11.4. The Balaban J connectivity index is 2.06. The quantitative estimate of drug-likeness (QED) is 0.561. The number of nitrogens with zero attached hydrogens (tertiary/aromatic N) is 1. The van der Waals surface area contributed by atoms with E-state index in [0.717, 1.165) is 3.97 Å². The molecule has 0 atom stereocenters. The van der Waals surface area contributed by atoms with Gasteiger partial charge in [0.2, 0.25) is 0 Å².